The van der Waals surface area contributed by atoms with Crippen LogP contribution in [0.3, 0.4) is 0 Å². The molecule has 0 aromatic rings. The van der Waals surface area contributed by atoms with Crippen LogP contribution in [0, 0.1) is 0 Å². The van der Waals surface area contributed by atoms with E-state index in [0.717, 1.165) is 0 Å². The van der Waals surface area contributed by atoms with Gasteiger partial charge in [-0.05, 0) is 0 Å². The van der Waals surface area contributed by atoms with Gasteiger partial charge in [0.25, 0.3) is 0 Å². The van der Waals surface area contributed by atoms with E-state index in [-0.39, 0.29) is 13.0 Å². The Hall–Kier alpha value is -0.340. The molecule has 1 aliphatic heterocycles. The maximum absolute atomic E-state index is 10.5. The van der Waals surface area contributed by atoms with Crippen LogP contribution in [0.25, 0.3) is 0 Å². The molecule has 0 aliphatic carbocycles. The second-order valence-corrected chi connectivity index (χ2v) is 5.76. The normalized spacial score (nSPS) is 29.3. The number of ether oxygens (including phenoxy) is 2. The summed E-state index contributed by atoms with van der Waals surface area (Å²) in [7, 11) is -8.49. The lowest BCUT2D eigenvalue weighted by atomic mass is 10.0. The van der Waals surface area contributed by atoms with Gasteiger partial charge in [0.15, 0.2) is 0 Å². The van der Waals surface area contributed by atoms with E-state index in [1.54, 1.807) is 0 Å². The van der Waals surface area contributed by atoms with Crippen molar-refractivity contribution in [1.82, 2.24) is 0 Å². The summed E-state index contributed by atoms with van der Waals surface area (Å²) < 4.78 is 80.4. The summed E-state index contributed by atoms with van der Waals surface area (Å²) in [5.74, 6) is 0. The SMILES string of the molecule is CO[C@H]1CC(COS(=O)(=O)[O-])OCC1OS(=O)(=O)[O-]. The topological polar surface area (TPSA) is 151 Å². The molecule has 0 aromatic heterocycles. The average Bonchev–Trinajstić information content (AvgIpc) is 2.24. The number of rotatable bonds is 6. The van der Waals surface area contributed by atoms with Gasteiger partial charge >= 0.3 is 0 Å². The highest BCUT2D eigenvalue weighted by molar-refractivity contribution is 7.81. The smallest absolute Gasteiger partial charge is 0.218 e. The zero-order chi connectivity index (χ0) is 14.7. The Morgan fingerprint density at radius 3 is 2.26 bits per heavy atom. The zero-order valence-corrected chi connectivity index (χ0v) is 11.4. The van der Waals surface area contributed by atoms with Gasteiger partial charge in [-0.15, -0.1) is 0 Å². The van der Waals surface area contributed by atoms with E-state index < -0.39 is 45.7 Å². The minimum atomic E-state index is -4.91. The van der Waals surface area contributed by atoms with Crippen LogP contribution in [-0.2, 0) is 38.6 Å². The van der Waals surface area contributed by atoms with Gasteiger partial charge in [0.05, 0.1) is 25.4 Å². The molecule has 1 aliphatic rings. The summed E-state index contributed by atoms with van der Waals surface area (Å²) in [6.45, 7) is -0.838. The van der Waals surface area contributed by atoms with Crippen molar-refractivity contribution in [2.24, 2.45) is 0 Å². The van der Waals surface area contributed by atoms with E-state index in [1.165, 1.54) is 7.11 Å². The molecule has 0 saturated carbocycles. The predicted octanol–water partition coefficient (Wildman–Crippen LogP) is -1.89. The number of hydrogen-bond donors (Lipinski definition) is 0. The minimum absolute atomic E-state index is 0.00616. The molecule has 114 valence electrons. The standard InChI is InChI=1S/C7H14O10S2/c1-14-6-2-5(3-16-18(8,9)10)15-4-7(6)17-19(11,12)13/h5-7H,2-4H2,1H3,(H,8,9,10)(H,11,12,13)/p-2/t5?,6-,7?/m0/s1. The van der Waals surface area contributed by atoms with Gasteiger partial charge in [0, 0.05) is 13.5 Å². The first-order valence-corrected chi connectivity index (χ1v) is 7.66. The fourth-order valence-corrected chi connectivity index (χ4v) is 2.38. The Balaban J connectivity index is 2.55. The molecule has 12 heteroatoms. The molecule has 10 nitrogen and oxygen atoms in total. The summed E-state index contributed by atoms with van der Waals surface area (Å²) >= 11 is 0. The van der Waals surface area contributed by atoms with Crippen molar-refractivity contribution in [3.63, 3.8) is 0 Å². The molecule has 0 spiro atoms. The van der Waals surface area contributed by atoms with Crippen molar-refractivity contribution >= 4 is 20.8 Å². The predicted molar refractivity (Wildman–Crippen MR) is 55.4 cm³/mol. The largest absolute Gasteiger partial charge is 0.726 e. The van der Waals surface area contributed by atoms with Crippen molar-refractivity contribution < 1.29 is 43.8 Å². The number of hydrogen-bond acceptors (Lipinski definition) is 10. The van der Waals surface area contributed by atoms with Crippen LogP contribution < -0.4 is 0 Å². The molecule has 0 N–H and O–H groups in total. The fourth-order valence-electron chi connectivity index (χ4n) is 1.58. The van der Waals surface area contributed by atoms with Crippen LogP contribution >= 0.6 is 0 Å². The number of methoxy groups -OCH3 is 1. The van der Waals surface area contributed by atoms with Gasteiger partial charge < -0.3 is 18.6 Å². The zero-order valence-electron chi connectivity index (χ0n) is 9.75. The van der Waals surface area contributed by atoms with Crippen molar-refractivity contribution in [3.05, 3.63) is 0 Å². The molecule has 2 unspecified atom stereocenters. The molecule has 0 bridgehead atoms. The monoisotopic (exact) mass is 320 g/mol. The van der Waals surface area contributed by atoms with E-state index in [4.69, 9.17) is 9.47 Å². The van der Waals surface area contributed by atoms with Crippen molar-refractivity contribution in [3.8, 4) is 0 Å². The summed E-state index contributed by atoms with van der Waals surface area (Å²) in [6.07, 6.45) is -2.72. The van der Waals surface area contributed by atoms with E-state index in [9.17, 15) is 25.9 Å². The highest BCUT2D eigenvalue weighted by Gasteiger charge is 2.34. The molecule has 19 heavy (non-hydrogen) atoms. The second-order valence-electron chi connectivity index (χ2n) is 3.70. The fraction of sp³-hybridized carbons (Fsp3) is 1.00. The molecule has 0 aromatic carbocycles. The minimum Gasteiger partial charge on any atom is -0.726 e. The molecule has 1 rings (SSSR count). The first-order chi connectivity index (χ1) is 8.61. The molecule has 1 fully saturated rings. The molecular weight excluding hydrogens is 308 g/mol. The van der Waals surface area contributed by atoms with E-state index >= 15 is 0 Å². The van der Waals surface area contributed by atoms with Gasteiger partial charge in [0.2, 0.25) is 20.8 Å². The van der Waals surface area contributed by atoms with Gasteiger partial charge in [-0.25, -0.2) is 16.8 Å². The summed E-state index contributed by atoms with van der Waals surface area (Å²) in [4.78, 5) is 0. The summed E-state index contributed by atoms with van der Waals surface area (Å²) in [6, 6.07) is 0. The lowest BCUT2D eigenvalue weighted by Crippen LogP contribution is -2.46. The summed E-state index contributed by atoms with van der Waals surface area (Å²) in [5, 5.41) is 0. The van der Waals surface area contributed by atoms with Crippen LogP contribution in [0.15, 0.2) is 0 Å². The Morgan fingerprint density at radius 1 is 1.16 bits per heavy atom. The third-order valence-corrected chi connectivity index (χ3v) is 3.26. The first kappa shape index (κ1) is 16.7. The van der Waals surface area contributed by atoms with E-state index in [2.05, 4.69) is 8.37 Å². The van der Waals surface area contributed by atoms with Gasteiger partial charge in [-0.1, -0.05) is 0 Å². The third kappa shape index (κ3) is 6.58. The highest BCUT2D eigenvalue weighted by Crippen LogP contribution is 2.21. The van der Waals surface area contributed by atoms with Crippen LogP contribution in [0.1, 0.15) is 6.42 Å². The molecule has 0 amide bonds. The second kappa shape index (κ2) is 6.41. The van der Waals surface area contributed by atoms with Crippen molar-refractivity contribution in [2.45, 2.75) is 24.7 Å². The van der Waals surface area contributed by atoms with Gasteiger partial charge in [-0.3, -0.25) is 8.37 Å². The maximum Gasteiger partial charge on any atom is 0.218 e. The molecule has 3 atom stereocenters. The maximum atomic E-state index is 10.5. The van der Waals surface area contributed by atoms with Gasteiger partial charge in [0.1, 0.15) is 6.10 Å². The Labute approximate surface area is 110 Å². The molecule has 1 heterocycles. The van der Waals surface area contributed by atoms with Crippen molar-refractivity contribution in [1.29, 1.82) is 0 Å². The Bertz CT molecular complexity index is 482. The van der Waals surface area contributed by atoms with Gasteiger partial charge in [-0.2, -0.15) is 0 Å². The van der Waals surface area contributed by atoms with Crippen LogP contribution in [0.5, 0.6) is 0 Å². The third-order valence-electron chi connectivity index (χ3n) is 2.35. The summed E-state index contributed by atoms with van der Waals surface area (Å²) in [5.41, 5.74) is 0. The van der Waals surface area contributed by atoms with E-state index in [0.29, 0.717) is 0 Å². The molecule has 1 saturated heterocycles. The van der Waals surface area contributed by atoms with Crippen LogP contribution in [0.4, 0.5) is 0 Å². The first-order valence-electron chi connectivity index (χ1n) is 4.99. The Morgan fingerprint density at radius 2 is 1.79 bits per heavy atom. The van der Waals surface area contributed by atoms with E-state index in [1.807, 2.05) is 0 Å². The lowest BCUT2D eigenvalue weighted by Gasteiger charge is -2.35. The average molecular weight is 320 g/mol. The Kier molecular flexibility index (Phi) is 5.64. The lowest BCUT2D eigenvalue weighted by molar-refractivity contribution is -0.132. The quantitative estimate of drug-likeness (QED) is 0.401. The molecule has 0 radical (unpaired) electrons. The highest BCUT2D eigenvalue weighted by atomic mass is 32.3. The van der Waals surface area contributed by atoms with Crippen LogP contribution in [-0.4, -0.2) is 64.6 Å². The van der Waals surface area contributed by atoms with Crippen molar-refractivity contribution in [2.75, 3.05) is 20.3 Å². The molecular formula is C7H12O10S2-2. The van der Waals surface area contributed by atoms with Crippen LogP contribution in [0.2, 0.25) is 0 Å².